The van der Waals surface area contributed by atoms with Crippen molar-refractivity contribution in [3.63, 3.8) is 0 Å². The molecule has 0 unspecified atom stereocenters. The summed E-state index contributed by atoms with van der Waals surface area (Å²) in [6.07, 6.45) is 5.05. The van der Waals surface area contributed by atoms with Gasteiger partial charge in [-0.05, 0) is 51.3 Å². The van der Waals surface area contributed by atoms with E-state index in [1.165, 1.54) is 25.7 Å². The number of hydrogen-bond acceptors (Lipinski definition) is 2. The number of nitrogens with zero attached hydrogens (tertiary/aromatic N) is 1. The molecule has 1 aliphatic rings. The highest BCUT2D eigenvalue weighted by molar-refractivity contribution is 7.80. The zero-order chi connectivity index (χ0) is 13.7. The lowest BCUT2D eigenvalue weighted by atomic mass is 9.90. The Kier molecular flexibility index (Phi) is 5.16. The maximum absolute atomic E-state index is 5.42. The Morgan fingerprint density at radius 3 is 2.53 bits per heavy atom. The zero-order valence-electron chi connectivity index (χ0n) is 11.7. The molecule has 1 aromatic carbocycles. The van der Waals surface area contributed by atoms with Crippen molar-refractivity contribution in [1.29, 1.82) is 0 Å². The molecule has 104 valence electrons. The summed E-state index contributed by atoms with van der Waals surface area (Å²) in [6, 6.07) is 11.1. The fraction of sp³-hybridized carbons (Fsp3) is 0.533. The van der Waals surface area contributed by atoms with Gasteiger partial charge in [0.15, 0.2) is 5.11 Å². The number of likely N-dealkylation sites (N-methyl/N-ethyl adjacent to an activating group) is 1. The van der Waals surface area contributed by atoms with Crippen LogP contribution in [-0.4, -0.2) is 36.2 Å². The van der Waals surface area contributed by atoms with Gasteiger partial charge in [-0.3, -0.25) is 0 Å². The van der Waals surface area contributed by atoms with Gasteiger partial charge in [0.2, 0.25) is 0 Å². The molecule has 0 saturated heterocycles. The van der Waals surface area contributed by atoms with Crippen LogP contribution in [0, 0.1) is 0 Å². The SMILES string of the molecule is CN(C)[C@@H]1CCCC[C@H]1NC(=S)Nc1ccccc1. The summed E-state index contributed by atoms with van der Waals surface area (Å²) in [5, 5.41) is 7.45. The predicted octanol–water partition coefficient (Wildman–Crippen LogP) is 2.85. The molecule has 0 aliphatic heterocycles. The quantitative estimate of drug-likeness (QED) is 0.831. The first-order valence-electron chi connectivity index (χ1n) is 6.96. The van der Waals surface area contributed by atoms with Crippen LogP contribution < -0.4 is 10.6 Å². The lowest BCUT2D eigenvalue weighted by Crippen LogP contribution is -2.52. The van der Waals surface area contributed by atoms with E-state index in [9.17, 15) is 0 Å². The van der Waals surface area contributed by atoms with E-state index in [0.717, 1.165) is 10.8 Å². The Balaban J connectivity index is 1.90. The van der Waals surface area contributed by atoms with Gasteiger partial charge in [0.1, 0.15) is 0 Å². The highest BCUT2D eigenvalue weighted by Gasteiger charge is 2.26. The maximum Gasteiger partial charge on any atom is 0.171 e. The van der Waals surface area contributed by atoms with Gasteiger partial charge in [-0.25, -0.2) is 0 Å². The normalized spacial score (nSPS) is 23.1. The number of benzene rings is 1. The van der Waals surface area contributed by atoms with E-state index >= 15 is 0 Å². The molecule has 0 heterocycles. The molecule has 0 aromatic heterocycles. The van der Waals surface area contributed by atoms with Crippen molar-refractivity contribution in [1.82, 2.24) is 10.2 Å². The van der Waals surface area contributed by atoms with Crippen LogP contribution in [0.4, 0.5) is 5.69 Å². The predicted molar refractivity (Wildman–Crippen MR) is 85.5 cm³/mol. The van der Waals surface area contributed by atoms with Crippen LogP contribution >= 0.6 is 12.2 Å². The Labute approximate surface area is 121 Å². The van der Waals surface area contributed by atoms with E-state index < -0.39 is 0 Å². The highest BCUT2D eigenvalue weighted by Crippen LogP contribution is 2.21. The van der Waals surface area contributed by atoms with Gasteiger partial charge in [-0.1, -0.05) is 31.0 Å². The Morgan fingerprint density at radius 1 is 1.16 bits per heavy atom. The van der Waals surface area contributed by atoms with Crippen molar-refractivity contribution in [3.8, 4) is 0 Å². The second-order valence-electron chi connectivity index (χ2n) is 5.39. The molecule has 0 bridgehead atoms. The first-order valence-corrected chi connectivity index (χ1v) is 7.36. The van der Waals surface area contributed by atoms with E-state index in [4.69, 9.17) is 12.2 Å². The monoisotopic (exact) mass is 277 g/mol. The standard InChI is InChI=1S/C15H23N3S/c1-18(2)14-11-7-6-10-13(14)17-15(19)16-12-8-4-3-5-9-12/h3-5,8-9,13-14H,6-7,10-11H2,1-2H3,(H2,16,17,19)/t13-,14-/m1/s1. The Hall–Kier alpha value is -1.13. The molecule has 0 radical (unpaired) electrons. The van der Waals surface area contributed by atoms with Crippen molar-refractivity contribution in [2.45, 2.75) is 37.8 Å². The minimum atomic E-state index is 0.451. The summed E-state index contributed by atoms with van der Waals surface area (Å²) in [6.45, 7) is 0. The molecule has 1 aromatic rings. The van der Waals surface area contributed by atoms with E-state index in [0.29, 0.717) is 12.1 Å². The van der Waals surface area contributed by atoms with Crippen LogP contribution in [0.25, 0.3) is 0 Å². The third kappa shape index (κ3) is 4.18. The lowest BCUT2D eigenvalue weighted by Gasteiger charge is -2.37. The van der Waals surface area contributed by atoms with Gasteiger partial charge in [0.25, 0.3) is 0 Å². The molecule has 1 aliphatic carbocycles. The van der Waals surface area contributed by atoms with Gasteiger partial charge in [-0.15, -0.1) is 0 Å². The first kappa shape index (κ1) is 14.3. The summed E-state index contributed by atoms with van der Waals surface area (Å²) >= 11 is 5.42. The second-order valence-corrected chi connectivity index (χ2v) is 5.79. The second kappa shape index (κ2) is 6.87. The molecule has 2 N–H and O–H groups in total. The largest absolute Gasteiger partial charge is 0.358 e. The zero-order valence-corrected chi connectivity index (χ0v) is 12.5. The number of para-hydroxylation sites is 1. The minimum absolute atomic E-state index is 0.451. The third-order valence-electron chi connectivity index (χ3n) is 3.74. The molecule has 2 rings (SSSR count). The molecule has 2 atom stereocenters. The fourth-order valence-corrected chi connectivity index (χ4v) is 3.02. The average Bonchev–Trinajstić information content (AvgIpc) is 2.40. The van der Waals surface area contributed by atoms with Crippen LogP contribution in [0.1, 0.15) is 25.7 Å². The molecule has 1 fully saturated rings. The molecule has 1 saturated carbocycles. The smallest absolute Gasteiger partial charge is 0.171 e. The van der Waals surface area contributed by atoms with Gasteiger partial charge in [0, 0.05) is 17.8 Å². The molecule has 19 heavy (non-hydrogen) atoms. The molecular weight excluding hydrogens is 254 g/mol. The summed E-state index contributed by atoms with van der Waals surface area (Å²) in [5.74, 6) is 0. The first-order chi connectivity index (χ1) is 9.16. The number of nitrogens with one attached hydrogen (secondary N) is 2. The number of rotatable bonds is 3. The topological polar surface area (TPSA) is 27.3 Å². The molecule has 3 nitrogen and oxygen atoms in total. The van der Waals surface area contributed by atoms with E-state index in [1.807, 2.05) is 30.3 Å². The van der Waals surface area contributed by atoms with E-state index in [-0.39, 0.29) is 0 Å². The molecule has 0 spiro atoms. The molecular formula is C15H23N3S. The van der Waals surface area contributed by atoms with Crippen LogP contribution in [-0.2, 0) is 0 Å². The van der Waals surface area contributed by atoms with Crippen LogP contribution in [0.5, 0.6) is 0 Å². The molecule has 4 heteroatoms. The fourth-order valence-electron chi connectivity index (χ4n) is 2.75. The van der Waals surface area contributed by atoms with Crippen molar-refractivity contribution < 1.29 is 0 Å². The van der Waals surface area contributed by atoms with Crippen molar-refractivity contribution in [2.75, 3.05) is 19.4 Å². The number of anilines is 1. The lowest BCUT2D eigenvalue weighted by molar-refractivity contribution is 0.190. The van der Waals surface area contributed by atoms with Crippen LogP contribution in [0.2, 0.25) is 0 Å². The Morgan fingerprint density at radius 2 is 1.84 bits per heavy atom. The summed E-state index contributed by atoms with van der Waals surface area (Å²) in [5.41, 5.74) is 1.04. The van der Waals surface area contributed by atoms with Gasteiger partial charge in [-0.2, -0.15) is 0 Å². The van der Waals surface area contributed by atoms with Crippen LogP contribution in [0.15, 0.2) is 30.3 Å². The summed E-state index contributed by atoms with van der Waals surface area (Å²) in [7, 11) is 4.30. The molecule has 0 amide bonds. The van der Waals surface area contributed by atoms with Crippen molar-refractivity contribution in [3.05, 3.63) is 30.3 Å². The highest BCUT2D eigenvalue weighted by atomic mass is 32.1. The minimum Gasteiger partial charge on any atom is -0.358 e. The van der Waals surface area contributed by atoms with Crippen LogP contribution in [0.3, 0.4) is 0 Å². The third-order valence-corrected chi connectivity index (χ3v) is 3.96. The van der Waals surface area contributed by atoms with Crippen molar-refractivity contribution in [2.24, 2.45) is 0 Å². The van der Waals surface area contributed by atoms with Crippen molar-refractivity contribution >= 4 is 23.0 Å². The van der Waals surface area contributed by atoms with Gasteiger partial charge < -0.3 is 15.5 Å². The van der Waals surface area contributed by atoms with E-state index in [2.05, 4.69) is 29.6 Å². The number of thiocarbonyl (C=S) groups is 1. The van der Waals surface area contributed by atoms with Gasteiger partial charge in [0.05, 0.1) is 0 Å². The maximum atomic E-state index is 5.42. The summed E-state index contributed by atoms with van der Waals surface area (Å²) < 4.78 is 0. The van der Waals surface area contributed by atoms with Gasteiger partial charge >= 0.3 is 0 Å². The summed E-state index contributed by atoms with van der Waals surface area (Å²) in [4.78, 5) is 2.31. The number of hydrogen-bond donors (Lipinski definition) is 2. The van der Waals surface area contributed by atoms with E-state index in [1.54, 1.807) is 0 Å². The Bertz CT molecular complexity index is 405. The average molecular weight is 277 g/mol.